The number of hydrogen-bond acceptors (Lipinski definition) is 4. The zero-order chi connectivity index (χ0) is 14.5. The fourth-order valence-electron chi connectivity index (χ4n) is 2.97. The lowest BCUT2D eigenvalue weighted by molar-refractivity contribution is -0.149. The zero-order valence-corrected chi connectivity index (χ0v) is 13.2. The van der Waals surface area contributed by atoms with Crippen LogP contribution in [0, 0.1) is 0 Å². The second kappa shape index (κ2) is 7.25. The van der Waals surface area contributed by atoms with Crippen molar-refractivity contribution in [1.29, 1.82) is 0 Å². The minimum atomic E-state index is -0.607. The molecule has 0 aromatic carbocycles. The summed E-state index contributed by atoms with van der Waals surface area (Å²) < 4.78 is 5.00. The molecule has 1 N–H and O–H groups in total. The molecular formula is C15H30N2O2. The average Bonchev–Trinajstić information content (AvgIpc) is 2.40. The molecule has 0 bridgehead atoms. The van der Waals surface area contributed by atoms with Crippen LogP contribution in [-0.2, 0) is 9.53 Å². The summed E-state index contributed by atoms with van der Waals surface area (Å²) in [6, 6.07) is 1.08. The standard InChI is InChI=1S/C15H30N2O2/c1-6-10-16-15(4,14(18)19-5)11-17-12(2)8-7-9-13(17)3/h12-13,16H,6-11H2,1-5H3. The third kappa shape index (κ3) is 4.18. The van der Waals surface area contributed by atoms with Gasteiger partial charge in [0, 0.05) is 18.6 Å². The van der Waals surface area contributed by atoms with Crippen molar-refractivity contribution >= 4 is 5.97 Å². The molecule has 1 rings (SSSR count). The summed E-state index contributed by atoms with van der Waals surface area (Å²) in [6.45, 7) is 10.1. The van der Waals surface area contributed by atoms with E-state index < -0.39 is 5.54 Å². The van der Waals surface area contributed by atoms with E-state index in [1.807, 2.05) is 6.92 Å². The maximum absolute atomic E-state index is 12.1. The molecule has 4 nitrogen and oxygen atoms in total. The van der Waals surface area contributed by atoms with Crippen molar-refractivity contribution in [3.63, 3.8) is 0 Å². The van der Waals surface area contributed by atoms with Gasteiger partial charge in [-0.25, -0.2) is 0 Å². The molecule has 0 aromatic heterocycles. The van der Waals surface area contributed by atoms with Crippen molar-refractivity contribution in [3.05, 3.63) is 0 Å². The summed E-state index contributed by atoms with van der Waals surface area (Å²) in [5.41, 5.74) is -0.607. The number of ether oxygens (including phenoxy) is 1. The number of likely N-dealkylation sites (tertiary alicyclic amines) is 1. The minimum Gasteiger partial charge on any atom is -0.468 e. The van der Waals surface area contributed by atoms with Crippen molar-refractivity contribution in [2.24, 2.45) is 0 Å². The molecule has 1 aliphatic rings. The van der Waals surface area contributed by atoms with E-state index in [4.69, 9.17) is 4.74 Å². The van der Waals surface area contributed by atoms with Crippen LogP contribution < -0.4 is 5.32 Å². The Hall–Kier alpha value is -0.610. The highest BCUT2D eigenvalue weighted by Crippen LogP contribution is 2.25. The molecule has 0 radical (unpaired) electrons. The maximum atomic E-state index is 12.1. The van der Waals surface area contributed by atoms with Gasteiger partial charge in [-0.2, -0.15) is 0 Å². The molecule has 1 aliphatic heterocycles. The van der Waals surface area contributed by atoms with Gasteiger partial charge in [-0.05, 0) is 46.6 Å². The predicted molar refractivity (Wildman–Crippen MR) is 78.2 cm³/mol. The van der Waals surface area contributed by atoms with Crippen molar-refractivity contribution in [1.82, 2.24) is 10.2 Å². The molecule has 1 heterocycles. The molecule has 1 saturated heterocycles. The molecule has 0 amide bonds. The van der Waals surface area contributed by atoms with Crippen molar-refractivity contribution < 1.29 is 9.53 Å². The van der Waals surface area contributed by atoms with Crippen LogP contribution in [0.2, 0.25) is 0 Å². The summed E-state index contributed by atoms with van der Waals surface area (Å²) >= 11 is 0. The van der Waals surface area contributed by atoms with Crippen LogP contribution in [0.15, 0.2) is 0 Å². The fraction of sp³-hybridized carbons (Fsp3) is 0.933. The van der Waals surface area contributed by atoms with Crippen LogP contribution in [0.5, 0.6) is 0 Å². The van der Waals surface area contributed by atoms with Crippen molar-refractivity contribution in [2.75, 3.05) is 20.2 Å². The van der Waals surface area contributed by atoms with Gasteiger partial charge in [0.25, 0.3) is 0 Å². The predicted octanol–water partition coefficient (Wildman–Crippen LogP) is 2.18. The van der Waals surface area contributed by atoms with Gasteiger partial charge in [0.05, 0.1) is 7.11 Å². The lowest BCUT2D eigenvalue weighted by atomic mass is 9.93. The highest BCUT2D eigenvalue weighted by Gasteiger charge is 2.38. The topological polar surface area (TPSA) is 41.6 Å². The molecule has 3 unspecified atom stereocenters. The van der Waals surface area contributed by atoms with Gasteiger partial charge in [-0.1, -0.05) is 13.3 Å². The lowest BCUT2D eigenvalue weighted by Crippen LogP contribution is -2.61. The Morgan fingerprint density at radius 3 is 2.42 bits per heavy atom. The van der Waals surface area contributed by atoms with Crippen LogP contribution in [0.25, 0.3) is 0 Å². The van der Waals surface area contributed by atoms with E-state index >= 15 is 0 Å². The SMILES string of the molecule is CCCNC(C)(CN1C(C)CCCC1C)C(=O)OC. The van der Waals surface area contributed by atoms with E-state index in [-0.39, 0.29) is 5.97 Å². The Bertz CT molecular complexity index is 286. The summed E-state index contributed by atoms with van der Waals surface area (Å²) in [5.74, 6) is -0.161. The Morgan fingerprint density at radius 2 is 1.95 bits per heavy atom. The summed E-state index contributed by atoms with van der Waals surface area (Å²) in [6.07, 6.45) is 4.73. The number of carbonyl (C=O) groups excluding carboxylic acids is 1. The number of methoxy groups -OCH3 is 1. The summed E-state index contributed by atoms with van der Waals surface area (Å²) in [5, 5.41) is 3.37. The smallest absolute Gasteiger partial charge is 0.327 e. The number of nitrogens with zero attached hydrogens (tertiary/aromatic N) is 1. The number of hydrogen-bond donors (Lipinski definition) is 1. The minimum absolute atomic E-state index is 0.161. The third-order valence-electron chi connectivity index (χ3n) is 4.28. The van der Waals surface area contributed by atoms with Gasteiger partial charge in [-0.15, -0.1) is 0 Å². The summed E-state index contributed by atoms with van der Waals surface area (Å²) in [4.78, 5) is 14.6. The Labute approximate surface area is 117 Å². The maximum Gasteiger partial charge on any atom is 0.327 e. The number of rotatable bonds is 6. The van der Waals surface area contributed by atoms with Gasteiger partial charge in [0.15, 0.2) is 0 Å². The molecule has 3 atom stereocenters. The first-order valence-corrected chi connectivity index (χ1v) is 7.53. The highest BCUT2D eigenvalue weighted by molar-refractivity contribution is 5.80. The van der Waals surface area contributed by atoms with Gasteiger partial charge in [0.1, 0.15) is 5.54 Å². The highest BCUT2D eigenvalue weighted by atomic mass is 16.5. The van der Waals surface area contributed by atoms with Crippen LogP contribution in [0.4, 0.5) is 0 Å². The molecule has 0 saturated carbocycles. The van der Waals surface area contributed by atoms with Crippen LogP contribution >= 0.6 is 0 Å². The molecular weight excluding hydrogens is 240 g/mol. The van der Waals surface area contributed by atoms with Crippen molar-refractivity contribution in [2.45, 2.75) is 71.0 Å². The van der Waals surface area contributed by atoms with E-state index in [2.05, 4.69) is 31.0 Å². The molecule has 4 heteroatoms. The second-order valence-corrected chi connectivity index (χ2v) is 6.05. The van der Waals surface area contributed by atoms with Crippen LogP contribution in [0.1, 0.15) is 53.4 Å². The number of piperidine rings is 1. The number of esters is 1. The van der Waals surface area contributed by atoms with E-state index in [0.717, 1.165) is 19.5 Å². The van der Waals surface area contributed by atoms with E-state index in [1.165, 1.54) is 26.4 Å². The van der Waals surface area contributed by atoms with E-state index in [1.54, 1.807) is 0 Å². The summed E-state index contributed by atoms with van der Waals surface area (Å²) in [7, 11) is 1.47. The Balaban J connectivity index is 2.77. The van der Waals surface area contributed by atoms with Crippen LogP contribution in [-0.4, -0.2) is 48.7 Å². The van der Waals surface area contributed by atoms with Gasteiger partial charge in [-0.3, -0.25) is 9.69 Å². The quantitative estimate of drug-likeness (QED) is 0.751. The van der Waals surface area contributed by atoms with E-state index in [0.29, 0.717) is 12.1 Å². The molecule has 0 spiro atoms. The molecule has 1 fully saturated rings. The number of carbonyl (C=O) groups is 1. The first-order valence-electron chi connectivity index (χ1n) is 7.53. The van der Waals surface area contributed by atoms with E-state index in [9.17, 15) is 4.79 Å². The van der Waals surface area contributed by atoms with Gasteiger partial charge >= 0.3 is 5.97 Å². The third-order valence-corrected chi connectivity index (χ3v) is 4.28. The first kappa shape index (κ1) is 16.4. The molecule has 0 aromatic rings. The first-order chi connectivity index (χ1) is 8.94. The van der Waals surface area contributed by atoms with Crippen molar-refractivity contribution in [3.8, 4) is 0 Å². The zero-order valence-electron chi connectivity index (χ0n) is 13.2. The molecule has 112 valence electrons. The lowest BCUT2D eigenvalue weighted by Gasteiger charge is -2.43. The average molecular weight is 270 g/mol. The largest absolute Gasteiger partial charge is 0.468 e. The van der Waals surface area contributed by atoms with Crippen LogP contribution in [0.3, 0.4) is 0 Å². The second-order valence-electron chi connectivity index (χ2n) is 6.05. The molecule has 19 heavy (non-hydrogen) atoms. The Morgan fingerprint density at radius 1 is 1.37 bits per heavy atom. The fourth-order valence-corrected chi connectivity index (χ4v) is 2.97. The Kier molecular flexibility index (Phi) is 6.27. The normalized spacial score (nSPS) is 27.8. The van der Waals surface area contributed by atoms with Gasteiger partial charge in [0.2, 0.25) is 0 Å². The molecule has 0 aliphatic carbocycles. The monoisotopic (exact) mass is 270 g/mol. The van der Waals surface area contributed by atoms with Gasteiger partial charge < -0.3 is 10.1 Å². The number of nitrogens with one attached hydrogen (secondary N) is 1.